The topological polar surface area (TPSA) is 23.0 Å². The second-order valence-corrected chi connectivity index (χ2v) is 13.3. The summed E-state index contributed by atoms with van der Waals surface area (Å²) in [6, 6.07) is 65.4. The number of rotatable bonds is 4. The van der Waals surface area contributed by atoms with E-state index >= 15 is 0 Å². The molecule has 11 aromatic rings. The van der Waals surface area contributed by atoms with E-state index in [0.29, 0.717) is 0 Å². The summed E-state index contributed by atoms with van der Waals surface area (Å²) < 4.78 is 11.1. The molecular formula is C48H30N2O. The molecule has 0 radical (unpaired) electrons. The molecule has 0 atom stereocenters. The lowest BCUT2D eigenvalue weighted by Gasteiger charge is -2.11. The van der Waals surface area contributed by atoms with Crippen LogP contribution in [0.25, 0.3) is 99.2 Å². The van der Waals surface area contributed by atoms with Crippen LogP contribution in [0.15, 0.2) is 186 Å². The fourth-order valence-electron chi connectivity index (χ4n) is 8.22. The van der Waals surface area contributed by atoms with Gasteiger partial charge < -0.3 is 13.6 Å². The molecule has 0 unspecified atom stereocenters. The zero-order valence-electron chi connectivity index (χ0n) is 27.6. The maximum absolute atomic E-state index is 6.37. The van der Waals surface area contributed by atoms with Crippen molar-refractivity contribution in [3.05, 3.63) is 182 Å². The number of nitrogens with zero attached hydrogens (tertiary/aromatic N) is 2. The van der Waals surface area contributed by atoms with Gasteiger partial charge in [-0.05, 0) is 89.0 Å². The Labute approximate surface area is 293 Å². The average molecular weight is 651 g/mol. The number of hydrogen-bond acceptors (Lipinski definition) is 1. The van der Waals surface area contributed by atoms with E-state index in [2.05, 4.69) is 185 Å². The predicted molar refractivity (Wildman–Crippen MR) is 213 cm³/mol. The highest BCUT2D eigenvalue weighted by Crippen LogP contribution is 2.42. The first-order chi connectivity index (χ1) is 25.3. The molecule has 0 amide bonds. The van der Waals surface area contributed by atoms with Crippen LogP contribution in [-0.2, 0) is 0 Å². The summed E-state index contributed by atoms with van der Waals surface area (Å²) in [4.78, 5) is 0. The molecule has 0 aliphatic rings. The van der Waals surface area contributed by atoms with E-state index < -0.39 is 0 Å². The van der Waals surface area contributed by atoms with Crippen LogP contribution < -0.4 is 0 Å². The van der Waals surface area contributed by atoms with Crippen LogP contribution in [0.5, 0.6) is 0 Å². The summed E-state index contributed by atoms with van der Waals surface area (Å²) in [5.74, 6) is 0. The molecule has 51 heavy (non-hydrogen) atoms. The van der Waals surface area contributed by atoms with Crippen molar-refractivity contribution in [2.45, 2.75) is 0 Å². The molecule has 0 spiro atoms. The molecule has 3 aromatic heterocycles. The van der Waals surface area contributed by atoms with Gasteiger partial charge in [0.05, 0.1) is 22.1 Å². The van der Waals surface area contributed by atoms with Gasteiger partial charge in [0.15, 0.2) is 0 Å². The van der Waals surface area contributed by atoms with Gasteiger partial charge >= 0.3 is 0 Å². The molecule has 3 heteroatoms. The monoisotopic (exact) mass is 650 g/mol. The normalized spacial score (nSPS) is 11.9. The van der Waals surface area contributed by atoms with Gasteiger partial charge in [0.2, 0.25) is 0 Å². The molecule has 0 N–H and O–H groups in total. The predicted octanol–water partition coefficient (Wildman–Crippen LogP) is 13.1. The molecule has 238 valence electrons. The maximum Gasteiger partial charge on any atom is 0.136 e. The zero-order valence-corrected chi connectivity index (χ0v) is 27.6. The van der Waals surface area contributed by atoms with Crippen molar-refractivity contribution in [1.29, 1.82) is 0 Å². The van der Waals surface area contributed by atoms with Crippen LogP contribution in [0, 0.1) is 0 Å². The lowest BCUT2D eigenvalue weighted by molar-refractivity contribution is 0.669. The molecule has 0 aliphatic heterocycles. The van der Waals surface area contributed by atoms with Gasteiger partial charge in [-0.1, -0.05) is 115 Å². The average Bonchev–Trinajstić information content (AvgIpc) is 3.86. The van der Waals surface area contributed by atoms with Crippen molar-refractivity contribution in [2.75, 3.05) is 0 Å². The van der Waals surface area contributed by atoms with Gasteiger partial charge in [-0.2, -0.15) is 0 Å². The molecule has 3 heterocycles. The van der Waals surface area contributed by atoms with Gasteiger partial charge in [-0.15, -0.1) is 0 Å². The number of aromatic nitrogens is 2. The Hall–Kier alpha value is -6.84. The van der Waals surface area contributed by atoms with Crippen molar-refractivity contribution in [1.82, 2.24) is 9.13 Å². The minimum atomic E-state index is 0.910. The van der Waals surface area contributed by atoms with E-state index in [1.54, 1.807) is 0 Å². The number of para-hydroxylation sites is 3. The van der Waals surface area contributed by atoms with Crippen molar-refractivity contribution in [3.63, 3.8) is 0 Å². The first-order valence-corrected chi connectivity index (χ1v) is 17.4. The Balaban J connectivity index is 1.05. The number of hydrogen-bond donors (Lipinski definition) is 0. The quantitative estimate of drug-likeness (QED) is 0.186. The lowest BCUT2D eigenvalue weighted by atomic mass is 10.0. The molecular weight excluding hydrogens is 621 g/mol. The molecule has 3 nitrogen and oxygen atoms in total. The summed E-state index contributed by atoms with van der Waals surface area (Å²) in [7, 11) is 0. The minimum absolute atomic E-state index is 0.910. The first-order valence-electron chi connectivity index (χ1n) is 17.4. The Morgan fingerprint density at radius 3 is 1.45 bits per heavy atom. The van der Waals surface area contributed by atoms with Gasteiger partial charge in [-0.25, -0.2) is 0 Å². The molecule has 0 fully saturated rings. The van der Waals surface area contributed by atoms with E-state index in [0.717, 1.165) is 38.8 Å². The summed E-state index contributed by atoms with van der Waals surface area (Å²) in [5.41, 5.74) is 13.7. The lowest BCUT2D eigenvalue weighted by Crippen LogP contribution is -1.94. The molecule has 11 rings (SSSR count). The number of furan rings is 1. The molecule has 0 saturated heterocycles. The van der Waals surface area contributed by atoms with Crippen molar-refractivity contribution < 1.29 is 4.42 Å². The molecule has 0 bridgehead atoms. The molecule has 8 aromatic carbocycles. The van der Waals surface area contributed by atoms with Crippen molar-refractivity contribution in [3.8, 4) is 33.6 Å². The van der Waals surface area contributed by atoms with E-state index in [9.17, 15) is 0 Å². The standard InChI is InChI=1S/C48H30N2O/c1-2-10-31(11-3-1)34-22-27-43-40(30-34)47-44(28-29-46-48(47)39-14-6-9-17-45(39)51-46)50(43)36-25-20-33(21-26-36)32-18-23-35(24-19-32)49-41-15-7-4-12-37(41)38-13-5-8-16-42(38)49/h1-30H. The number of fused-ring (bicyclic) bond motifs is 10. The van der Waals surface area contributed by atoms with Gasteiger partial charge in [0.1, 0.15) is 11.2 Å². The highest BCUT2D eigenvalue weighted by Gasteiger charge is 2.19. The van der Waals surface area contributed by atoms with E-state index in [1.165, 1.54) is 60.3 Å². The summed E-state index contributed by atoms with van der Waals surface area (Å²) in [6.45, 7) is 0. The Morgan fingerprint density at radius 1 is 0.294 bits per heavy atom. The smallest absolute Gasteiger partial charge is 0.136 e. The highest BCUT2D eigenvalue weighted by atomic mass is 16.3. The first kappa shape index (κ1) is 28.0. The van der Waals surface area contributed by atoms with E-state index in [-0.39, 0.29) is 0 Å². The third-order valence-electron chi connectivity index (χ3n) is 10.5. The van der Waals surface area contributed by atoms with Crippen LogP contribution >= 0.6 is 0 Å². The zero-order chi connectivity index (χ0) is 33.5. The van der Waals surface area contributed by atoms with Gasteiger partial charge in [0, 0.05) is 43.7 Å². The van der Waals surface area contributed by atoms with Crippen LogP contribution in [-0.4, -0.2) is 9.13 Å². The fraction of sp³-hybridized carbons (Fsp3) is 0. The minimum Gasteiger partial charge on any atom is -0.456 e. The van der Waals surface area contributed by atoms with Gasteiger partial charge in [-0.3, -0.25) is 0 Å². The van der Waals surface area contributed by atoms with Crippen molar-refractivity contribution in [2.24, 2.45) is 0 Å². The fourth-order valence-corrected chi connectivity index (χ4v) is 8.22. The summed E-state index contributed by atoms with van der Waals surface area (Å²) in [6.07, 6.45) is 0. The van der Waals surface area contributed by atoms with Crippen LogP contribution in [0.4, 0.5) is 0 Å². The van der Waals surface area contributed by atoms with Gasteiger partial charge in [0.25, 0.3) is 0 Å². The van der Waals surface area contributed by atoms with Crippen LogP contribution in [0.3, 0.4) is 0 Å². The van der Waals surface area contributed by atoms with Crippen LogP contribution in [0.1, 0.15) is 0 Å². The Bertz CT molecular complexity index is 3050. The Kier molecular flexibility index (Phi) is 5.96. The van der Waals surface area contributed by atoms with E-state index in [1.807, 2.05) is 6.07 Å². The van der Waals surface area contributed by atoms with Crippen molar-refractivity contribution >= 4 is 65.6 Å². The molecule has 0 saturated carbocycles. The highest BCUT2D eigenvalue weighted by molar-refractivity contribution is 6.27. The largest absolute Gasteiger partial charge is 0.456 e. The third-order valence-corrected chi connectivity index (χ3v) is 10.5. The summed E-state index contributed by atoms with van der Waals surface area (Å²) in [5, 5.41) is 7.29. The second kappa shape index (κ2) is 10.8. The number of benzene rings is 8. The van der Waals surface area contributed by atoms with E-state index in [4.69, 9.17) is 4.42 Å². The second-order valence-electron chi connectivity index (χ2n) is 13.3. The Morgan fingerprint density at radius 2 is 0.784 bits per heavy atom. The SMILES string of the molecule is c1ccc(-c2ccc3c(c2)c2c4c(ccc2n3-c2ccc(-c3ccc(-n5c6ccccc6c6ccccc65)cc3)cc2)oc2ccccc24)cc1. The van der Waals surface area contributed by atoms with Crippen LogP contribution in [0.2, 0.25) is 0 Å². The summed E-state index contributed by atoms with van der Waals surface area (Å²) >= 11 is 0. The maximum atomic E-state index is 6.37. The molecule has 0 aliphatic carbocycles. The third kappa shape index (κ3) is 4.19.